The molecule has 0 aliphatic heterocycles. The summed E-state index contributed by atoms with van der Waals surface area (Å²) < 4.78 is 39.5. The predicted octanol–water partition coefficient (Wildman–Crippen LogP) is 2.04. The highest BCUT2D eigenvalue weighted by Crippen LogP contribution is 2.63. The highest BCUT2D eigenvalue weighted by atomic mass is 32.2. The maximum Gasteiger partial charge on any atom is 0.182 e. The Morgan fingerprint density at radius 3 is 2.25 bits per heavy atom. The molecule has 128 valence electrons. The van der Waals surface area contributed by atoms with E-state index in [1.54, 1.807) is 18.2 Å². The summed E-state index contributed by atoms with van der Waals surface area (Å²) in [5.41, 5.74) is 0.207. The third kappa shape index (κ3) is 2.55. The molecule has 0 bridgehead atoms. The van der Waals surface area contributed by atoms with E-state index in [0.717, 1.165) is 5.56 Å². The van der Waals surface area contributed by atoms with E-state index >= 15 is 0 Å². The van der Waals surface area contributed by atoms with Gasteiger partial charge in [0.2, 0.25) is 0 Å². The number of hydrogen-bond donors (Lipinski definition) is 2. The average molecular weight is 350 g/mol. The van der Waals surface area contributed by atoms with Crippen molar-refractivity contribution < 1.29 is 23.0 Å². The van der Waals surface area contributed by atoms with Gasteiger partial charge >= 0.3 is 0 Å². The number of rotatable bonds is 5. The zero-order valence-corrected chi connectivity index (χ0v) is 14.0. The molecule has 2 atom stereocenters. The summed E-state index contributed by atoms with van der Waals surface area (Å²) in [5.74, 6) is -1.12. The number of halogens is 1. The van der Waals surface area contributed by atoms with E-state index in [9.17, 15) is 23.0 Å². The molecule has 2 aromatic rings. The van der Waals surface area contributed by atoms with Crippen LogP contribution in [0.4, 0.5) is 4.39 Å². The molecule has 1 aliphatic rings. The SMILES string of the molecule is Cc1ccc(S(=O)(=O)[C@H]2[C@H](c3cccc(F)c3)C2(CO)CO)cc1. The molecule has 6 heteroatoms. The first-order valence-electron chi connectivity index (χ1n) is 7.64. The Kier molecular flexibility index (Phi) is 4.23. The molecule has 0 saturated heterocycles. The van der Waals surface area contributed by atoms with E-state index in [1.807, 2.05) is 6.92 Å². The monoisotopic (exact) mass is 350 g/mol. The van der Waals surface area contributed by atoms with Crippen LogP contribution in [0.25, 0.3) is 0 Å². The van der Waals surface area contributed by atoms with Crippen molar-refractivity contribution in [2.75, 3.05) is 13.2 Å². The van der Waals surface area contributed by atoms with Crippen molar-refractivity contribution in [2.24, 2.45) is 5.41 Å². The lowest BCUT2D eigenvalue weighted by Gasteiger charge is -2.11. The van der Waals surface area contributed by atoms with Crippen molar-refractivity contribution in [1.82, 2.24) is 0 Å². The van der Waals surface area contributed by atoms with Crippen molar-refractivity contribution in [3.63, 3.8) is 0 Å². The van der Waals surface area contributed by atoms with Crippen LogP contribution < -0.4 is 0 Å². The minimum absolute atomic E-state index is 0.142. The third-order valence-corrected chi connectivity index (χ3v) is 7.20. The Balaban J connectivity index is 2.06. The molecule has 1 aliphatic carbocycles. The van der Waals surface area contributed by atoms with Crippen molar-refractivity contribution in [2.45, 2.75) is 23.0 Å². The second-order valence-electron chi connectivity index (χ2n) is 6.36. The molecule has 0 spiro atoms. The van der Waals surface area contributed by atoms with E-state index < -0.39 is 45.5 Å². The maximum atomic E-state index is 13.5. The number of hydrogen-bond acceptors (Lipinski definition) is 4. The molecular formula is C18H19FO4S. The first-order valence-corrected chi connectivity index (χ1v) is 9.19. The number of aliphatic hydroxyl groups excluding tert-OH is 2. The van der Waals surface area contributed by atoms with Crippen LogP contribution in [0.2, 0.25) is 0 Å². The van der Waals surface area contributed by atoms with Crippen LogP contribution in [-0.4, -0.2) is 37.1 Å². The lowest BCUT2D eigenvalue weighted by Crippen LogP contribution is -2.23. The van der Waals surface area contributed by atoms with E-state index in [0.29, 0.717) is 5.56 Å². The molecule has 0 radical (unpaired) electrons. The zero-order valence-electron chi connectivity index (χ0n) is 13.2. The largest absolute Gasteiger partial charge is 0.396 e. The maximum absolute atomic E-state index is 13.5. The molecule has 3 rings (SSSR count). The van der Waals surface area contributed by atoms with Gasteiger partial charge in [-0.1, -0.05) is 29.8 Å². The second-order valence-corrected chi connectivity index (χ2v) is 8.43. The van der Waals surface area contributed by atoms with Gasteiger partial charge in [-0.25, -0.2) is 12.8 Å². The van der Waals surface area contributed by atoms with Gasteiger partial charge in [-0.15, -0.1) is 0 Å². The zero-order chi connectivity index (χ0) is 17.5. The van der Waals surface area contributed by atoms with E-state index in [-0.39, 0.29) is 4.90 Å². The first-order chi connectivity index (χ1) is 11.4. The molecule has 1 saturated carbocycles. The van der Waals surface area contributed by atoms with Crippen LogP contribution in [0.1, 0.15) is 17.0 Å². The minimum Gasteiger partial charge on any atom is -0.396 e. The molecule has 0 heterocycles. The fraction of sp³-hybridized carbons (Fsp3) is 0.333. The van der Waals surface area contributed by atoms with Gasteiger partial charge in [0.05, 0.1) is 23.4 Å². The van der Waals surface area contributed by atoms with Gasteiger partial charge in [0.25, 0.3) is 0 Å². The van der Waals surface area contributed by atoms with Gasteiger partial charge in [0, 0.05) is 11.3 Å². The Bertz CT molecular complexity index is 842. The standard InChI is InChI=1S/C18H19FO4S/c1-12-5-7-15(8-6-12)24(22,23)17-16(18(17,10-20)11-21)13-3-2-4-14(19)9-13/h2-9,16-17,20-21H,10-11H2,1H3/t16-,17-/m0/s1. The van der Waals surface area contributed by atoms with Crippen molar-refractivity contribution in [1.29, 1.82) is 0 Å². The number of aryl methyl sites for hydroxylation is 1. The molecule has 4 nitrogen and oxygen atoms in total. The first kappa shape index (κ1) is 17.1. The number of benzene rings is 2. The quantitative estimate of drug-likeness (QED) is 0.865. The highest BCUT2D eigenvalue weighted by molar-refractivity contribution is 7.92. The van der Waals surface area contributed by atoms with E-state index in [1.165, 1.54) is 30.3 Å². The van der Waals surface area contributed by atoms with E-state index in [2.05, 4.69) is 0 Å². The van der Waals surface area contributed by atoms with Gasteiger partial charge in [-0.2, -0.15) is 0 Å². The summed E-state index contributed by atoms with van der Waals surface area (Å²) in [7, 11) is -3.77. The molecule has 2 N–H and O–H groups in total. The second kappa shape index (κ2) is 5.95. The lowest BCUT2D eigenvalue weighted by atomic mass is 10.0. The van der Waals surface area contributed by atoms with Gasteiger partial charge in [0.1, 0.15) is 5.82 Å². The Morgan fingerprint density at radius 2 is 1.71 bits per heavy atom. The molecule has 0 amide bonds. The minimum atomic E-state index is -3.77. The molecular weight excluding hydrogens is 331 g/mol. The van der Waals surface area contributed by atoms with Crippen LogP contribution in [0.3, 0.4) is 0 Å². The molecule has 24 heavy (non-hydrogen) atoms. The van der Waals surface area contributed by atoms with Crippen LogP contribution in [0, 0.1) is 18.2 Å². The van der Waals surface area contributed by atoms with Crippen LogP contribution >= 0.6 is 0 Å². The van der Waals surface area contributed by atoms with Crippen molar-refractivity contribution in [3.05, 3.63) is 65.5 Å². The van der Waals surface area contributed by atoms with Crippen LogP contribution in [0.5, 0.6) is 0 Å². The normalized spacial score (nSPS) is 22.3. The summed E-state index contributed by atoms with van der Waals surface area (Å²) in [6, 6.07) is 12.1. The van der Waals surface area contributed by atoms with Gasteiger partial charge in [0.15, 0.2) is 9.84 Å². The van der Waals surface area contributed by atoms with Crippen LogP contribution in [-0.2, 0) is 9.84 Å². The number of sulfone groups is 1. The molecule has 1 fully saturated rings. The fourth-order valence-electron chi connectivity index (χ4n) is 3.45. The van der Waals surface area contributed by atoms with Crippen molar-refractivity contribution >= 4 is 9.84 Å². The Morgan fingerprint density at radius 1 is 1.08 bits per heavy atom. The summed E-state index contributed by atoms with van der Waals surface area (Å²) in [4.78, 5) is 0.142. The Labute approximate surface area is 140 Å². The highest BCUT2D eigenvalue weighted by Gasteiger charge is 2.70. The van der Waals surface area contributed by atoms with Crippen molar-refractivity contribution in [3.8, 4) is 0 Å². The van der Waals surface area contributed by atoms with Gasteiger partial charge in [-0.05, 0) is 36.8 Å². The van der Waals surface area contributed by atoms with Gasteiger partial charge in [-0.3, -0.25) is 0 Å². The summed E-state index contributed by atoms with van der Waals surface area (Å²) >= 11 is 0. The summed E-state index contributed by atoms with van der Waals surface area (Å²) in [6.07, 6.45) is 0. The molecule has 0 aromatic heterocycles. The van der Waals surface area contributed by atoms with E-state index in [4.69, 9.17) is 0 Å². The smallest absolute Gasteiger partial charge is 0.182 e. The number of aliphatic hydroxyl groups is 2. The predicted molar refractivity (Wildman–Crippen MR) is 87.9 cm³/mol. The fourth-order valence-corrected chi connectivity index (χ4v) is 5.88. The summed E-state index contributed by atoms with van der Waals surface area (Å²) in [6.45, 7) is 0.885. The van der Waals surface area contributed by atoms with Crippen LogP contribution in [0.15, 0.2) is 53.4 Å². The lowest BCUT2D eigenvalue weighted by molar-refractivity contribution is 0.130. The average Bonchev–Trinajstić information content (AvgIpc) is 3.26. The third-order valence-electron chi connectivity index (χ3n) is 4.86. The van der Waals surface area contributed by atoms with Gasteiger partial charge < -0.3 is 10.2 Å². The summed E-state index contributed by atoms with van der Waals surface area (Å²) in [5, 5.41) is 18.5. The molecule has 0 unspecified atom stereocenters. The molecule has 2 aromatic carbocycles. The Hall–Kier alpha value is -1.76. The topological polar surface area (TPSA) is 74.6 Å².